The van der Waals surface area contributed by atoms with E-state index in [-0.39, 0.29) is 12.1 Å². The lowest BCUT2D eigenvalue weighted by Gasteiger charge is -2.30. The van der Waals surface area contributed by atoms with Crippen molar-refractivity contribution in [3.8, 4) is 0 Å². The number of nitrogens with two attached hydrogens (primary N) is 1. The van der Waals surface area contributed by atoms with Gasteiger partial charge in [0, 0.05) is 3.57 Å². The fraction of sp³-hybridized carbons (Fsp3) is 0.500. The lowest BCUT2D eigenvalue weighted by Crippen LogP contribution is -2.39. The zero-order chi connectivity index (χ0) is 11.6. The predicted molar refractivity (Wildman–Crippen MR) is 75.5 cm³/mol. The number of nitrogens with one attached hydrogen (secondary N) is 1. The monoisotopic (exact) mass is 332 g/mol. The number of nitrogen functional groups attached to an aromatic ring is 1. The molecular weight excluding hydrogens is 315 g/mol. The summed E-state index contributed by atoms with van der Waals surface area (Å²) in [4.78, 5) is 0. The summed E-state index contributed by atoms with van der Waals surface area (Å²) in [6.45, 7) is 0.179. The van der Waals surface area contributed by atoms with E-state index in [4.69, 9.17) is 5.73 Å². The molecule has 0 amide bonds. The van der Waals surface area contributed by atoms with Crippen molar-refractivity contribution in [2.24, 2.45) is 0 Å². The fourth-order valence-corrected chi connectivity index (χ4v) is 2.82. The van der Waals surface area contributed by atoms with Gasteiger partial charge in [-0.1, -0.05) is 12.8 Å². The van der Waals surface area contributed by atoms with Crippen molar-refractivity contribution in [2.45, 2.75) is 31.2 Å². The standard InChI is InChI=1S/C12H17IN2O/c13-9-3-4-11(10(14)7-9)15-12(8-16)5-1-2-6-12/h3-4,7,15-16H,1-2,5-6,8,14H2. The molecule has 1 saturated carbocycles. The highest BCUT2D eigenvalue weighted by molar-refractivity contribution is 14.1. The highest BCUT2D eigenvalue weighted by Gasteiger charge is 2.33. The molecule has 1 aromatic rings. The molecule has 16 heavy (non-hydrogen) atoms. The minimum absolute atomic E-state index is 0.152. The molecule has 4 N–H and O–H groups in total. The normalized spacial score (nSPS) is 18.6. The average Bonchev–Trinajstić information content (AvgIpc) is 2.72. The van der Waals surface area contributed by atoms with E-state index in [0.29, 0.717) is 0 Å². The molecule has 0 radical (unpaired) electrons. The van der Waals surface area contributed by atoms with E-state index in [0.717, 1.165) is 27.8 Å². The van der Waals surface area contributed by atoms with Crippen LogP contribution in [-0.2, 0) is 0 Å². The third kappa shape index (κ3) is 2.43. The molecule has 88 valence electrons. The van der Waals surface area contributed by atoms with Crippen LogP contribution in [0.15, 0.2) is 18.2 Å². The minimum Gasteiger partial charge on any atom is -0.397 e. The van der Waals surface area contributed by atoms with Crippen molar-refractivity contribution in [3.05, 3.63) is 21.8 Å². The Morgan fingerprint density at radius 1 is 1.38 bits per heavy atom. The summed E-state index contributed by atoms with van der Waals surface area (Å²) in [6, 6.07) is 5.97. The van der Waals surface area contributed by atoms with Crippen LogP contribution < -0.4 is 11.1 Å². The van der Waals surface area contributed by atoms with E-state index < -0.39 is 0 Å². The summed E-state index contributed by atoms with van der Waals surface area (Å²) in [5, 5.41) is 12.9. The lowest BCUT2D eigenvalue weighted by atomic mass is 9.98. The molecule has 0 aliphatic heterocycles. The van der Waals surface area contributed by atoms with Crippen LogP contribution in [0.2, 0.25) is 0 Å². The molecule has 4 heteroatoms. The van der Waals surface area contributed by atoms with Gasteiger partial charge in [0.25, 0.3) is 0 Å². The smallest absolute Gasteiger partial charge is 0.0661 e. The van der Waals surface area contributed by atoms with Crippen LogP contribution in [0.25, 0.3) is 0 Å². The van der Waals surface area contributed by atoms with E-state index in [2.05, 4.69) is 27.9 Å². The van der Waals surface area contributed by atoms with E-state index in [1.807, 2.05) is 18.2 Å². The largest absolute Gasteiger partial charge is 0.397 e. The fourth-order valence-electron chi connectivity index (χ4n) is 2.31. The first kappa shape index (κ1) is 12.0. The number of hydrogen-bond acceptors (Lipinski definition) is 3. The Balaban J connectivity index is 2.19. The Labute approximate surface area is 110 Å². The predicted octanol–water partition coefficient (Wildman–Crippen LogP) is 2.59. The van der Waals surface area contributed by atoms with Gasteiger partial charge in [0.2, 0.25) is 0 Å². The topological polar surface area (TPSA) is 58.3 Å². The Hall–Kier alpha value is -0.490. The first-order valence-electron chi connectivity index (χ1n) is 5.59. The minimum atomic E-state index is -0.152. The third-order valence-electron chi connectivity index (χ3n) is 3.28. The van der Waals surface area contributed by atoms with Crippen LogP contribution in [-0.4, -0.2) is 17.3 Å². The molecule has 0 spiro atoms. The van der Waals surface area contributed by atoms with Crippen molar-refractivity contribution < 1.29 is 5.11 Å². The lowest BCUT2D eigenvalue weighted by molar-refractivity contribution is 0.214. The highest BCUT2D eigenvalue weighted by Crippen LogP contribution is 2.34. The summed E-state index contributed by atoms with van der Waals surface area (Å²) in [7, 11) is 0. The van der Waals surface area contributed by atoms with Crippen LogP contribution in [0.3, 0.4) is 0 Å². The SMILES string of the molecule is Nc1cc(I)ccc1NC1(CO)CCCC1. The summed E-state index contributed by atoms with van der Waals surface area (Å²) in [5.41, 5.74) is 7.51. The van der Waals surface area contributed by atoms with Gasteiger partial charge >= 0.3 is 0 Å². The molecule has 1 aromatic carbocycles. The number of aliphatic hydroxyl groups excluding tert-OH is 1. The molecule has 3 nitrogen and oxygen atoms in total. The molecule has 0 saturated heterocycles. The van der Waals surface area contributed by atoms with E-state index in [1.165, 1.54) is 12.8 Å². The van der Waals surface area contributed by atoms with Crippen LogP contribution in [0.1, 0.15) is 25.7 Å². The maximum atomic E-state index is 9.52. The van der Waals surface area contributed by atoms with Gasteiger partial charge in [-0.25, -0.2) is 0 Å². The van der Waals surface area contributed by atoms with Crippen LogP contribution >= 0.6 is 22.6 Å². The molecule has 0 aromatic heterocycles. The van der Waals surface area contributed by atoms with Gasteiger partial charge in [0.05, 0.1) is 23.5 Å². The Bertz CT molecular complexity index is 375. The second-order valence-electron chi connectivity index (χ2n) is 4.50. The molecule has 0 heterocycles. The van der Waals surface area contributed by atoms with Gasteiger partial charge in [-0.05, 0) is 53.6 Å². The van der Waals surface area contributed by atoms with Gasteiger partial charge in [-0.3, -0.25) is 0 Å². The number of benzene rings is 1. The number of aliphatic hydroxyl groups is 1. The van der Waals surface area contributed by atoms with Gasteiger partial charge in [-0.2, -0.15) is 0 Å². The maximum Gasteiger partial charge on any atom is 0.0661 e. The maximum absolute atomic E-state index is 9.52. The summed E-state index contributed by atoms with van der Waals surface area (Å²) in [5.74, 6) is 0. The Morgan fingerprint density at radius 3 is 2.62 bits per heavy atom. The Kier molecular flexibility index (Phi) is 3.59. The molecule has 1 aliphatic rings. The molecule has 1 aliphatic carbocycles. The average molecular weight is 332 g/mol. The molecule has 2 rings (SSSR count). The van der Waals surface area contributed by atoms with Crippen molar-refractivity contribution >= 4 is 34.0 Å². The van der Waals surface area contributed by atoms with Gasteiger partial charge in [0.1, 0.15) is 0 Å². The zero-order valence-corrected chi connectivity index (χ0v) is 11.3. The van der Waals surface area contributed by atoms with E-state index >= 15 is 0 Å². The van der Waals surface area contributed by atoms with Crippen molar-refractivity contribution in [3.63, 3.8) is 0 Å². The first-order valence-corrected chi connectivity index (χ1v) is 6.67. The number of anilines is 2. The highest BCUT2D eigenvalue weighted by atomic mass is 127. The summed E-state index contributed by atoms with van der Waals surface area (Å²) in [6.07, 6.45) is 4.40. The number of hydrogen-bond donors (Lipinski definition) is 3. The van der Waals surface area contributed by atoms with Gasteiger partial charge in [-0.15, -0.1) is 0 Å². The molecular formula is C12H17IN2O. The second-order valence-corrected chi connectivity index (χ2v) is 5.75. The van der Waals surface area contributed by atoms with Gasteiger partial charge < -0.3 is 16.2 Å². The molecule has 0 atom stereocenters. The van der Waals surface area contributed by atoms with Crippen molar-refractivity contribution in [2.75, 3.05) is 17.7 Å². The number of rotatable bonds is 3. The van der Waals surface area contributed by atoms with Gasteiger partial charge in [0.15, 0.2) is 0 Å². The molecule has 0 bridgehead atoms. The summed E-state index contributed by atoms with van der Waals surface area (Å²) >= 11 is 2.24. The number of halogens is 1. The van der Waals surface area contributed by atoms with E-state index in [1.54, 1.807) is 0 Å². The molecule has 0 unspecified atom stereocenters. The quantitative estimate of drug-likeness (QED) is 0.589. The third-order valence-corrected chi connectivity index (χ3v) is 3.95. The van der Waals surface area contributed by atoms with Crippen molar-refractivity contribution in [1.29, 1.82) is 0 Å². The van der Waals surface area contributed by atoms with E-state index in [9.17, 15) is 5.11 Å². The molecule has 1 fully saturated rings. The van der Waals surface area contributed by atoms with Crippen LogP contribution in [0, 0.1) is 3.57 Å². The van der Waals surface area contributed by atoms with Crippen molar-refractivity contribution in [1.82, 2.24) is 0 Å². The summed E-state index contributed by atoms with van der Waals surface area (Å²) < 4.78 is 1.13. The second kappa shape index (κ2) is 4.79. The zero-order valence-electron chi connectivity index (χ0n) is 9.17. The van der Waals surface area contributed by atoms with Crippen LogP contribution in [0.4, 0.5) is 11.4 Å². The first-order chi connectivity index (χ1) is 7.65. The Morgan fingerprint density at radius 2 is 2.06 bits per heavy atom. The van der Waals surface area contributed by atoms with Crippen LogP contribution in [0.5, 0.6) is 0 Å².